The molecule has 20 heavy (non-hydrogen) atoms. The fraction of sp³-hybridized carbons (Fsp3) is 0.0714. The smallest absolute Gasteiger partial charge is 0.339 e. The summed E-state index contributed by atoms with van der Waals surface area (Å²) in [5, 5.41) is 10.2. The summed E-state index contributed by atoms with van der Waals surface area (Å²) in [6, 6.07) is 9.84. The van der Waals surface area contributed by atoms with Crippen LogP contribution in [0.3, 0.4) is 0 Å². The first-order chi connectivity index (χ1) is 9.49. The van der Waals surface area contributed by atoms with Crippen molar-refractivity contribution in [2.45, 2.75) is 6.61 Å². The highest BCUT2D eigenvalue weighted by Gasteiger charge is 2.15. The van der Waals surface area contributed by atoms with Gasteiger partial charge in [-0.2, -0.15) is 0 Å². The van der Waals surface area contributed by atoms with Crippen LogP contribution in [-0.2, 0) is 6.61 Å². The molecule has 0 fully saturated rings. The number of carbonyl (C=O) groups is 1. The fourth-order valence-corrected chi connectivity index (χ4v) is 2.48. The van der Waals surface area contributed by atoms with Crippen molar-refractivity contribution in [3.05, 3.63) is 62.0 Å². The Morgan fingerprint density at radius 1 is 1.25 bits per heavy atom. The Hall–Kier alpha value is -1.23. The lowest BCUT2D eigenvalue weighted by atomic mass is 10.2. The van der Waals surface area contributed by atoms with E-state index in [1.54, 1.807) is 30.3 Å². The molecule has 2 aromatic carbocycles. The first-order valence-electron chi connectivity index (χ1n) is 5.57. The van der Waals surface area contributed by atoms with Crippen molar-refractivity contribution in [1.29, 1.82) is 0 Å². The molecule has 0 heterocycles. The van der Waals surface area contributed by atoms with Gasteiger partial charge in [-0.25, -0.2) is 4.79 Å². The summed E-state index contributed by atoms with van der Waals surface area (Å²) < 4.78 is 6.15. The standard InChI is InChI=1S/C14H9BrCl2O3/c15-11-3-1-2-10(14(18)19)13(11)20-7-8-6-9(16)4-5-12(8)17/h1-6H,7H2,(H,18,19). The second-order valence-corrected chi connectivity index (χ2v) is 5.64. The molecule has 0 saturated heterocycles. The van der Waals surface area contributed by atoms with E-state index in [4.69, 9.17) is 33.0 Å². The van der Waals surface area contributed by atoms with E-state index in [1.807, 2.05) is 0 Å². The number of ether oxygens (including phenoxy) is 1. The van der Waals surface area contributed by atoms with Crippen molar-refractivity contribution in [2.24, 2.45) is 0 Å². The molecule has 0 unspecified atom stereocenters. The van der Waals surface area contributed by atoms with Crippen molar-refractivity contribution in [3.63, 3.8) is 0 Å². The molecule has 2 aromatic rings. The normalized spacial score (nSPS) is 10.3. The lowest BCUT2D eigenvalue weighted by Crippen LogP contribution is -2.04. The summed E-state index contributed by atoms with van der Waals surface area (Å²) in [6.45, 7) is 0.127. The summed E-state index contributed by atoms with van der Waals surface area (Å²) in [6.07, 6.45) is 0. The molecule has 0 aliphatic heterocycles. The molecule has 1 N–H and O–H groups in total. The molecule has 0 aliphatic carbocycles. The maximum Gasteiger partial charge on any atom is 0.339 e. The van der Waals surface area contributed by atoms with Gasteiger partial charge < -0.3 is 9.84 Å². The number of carboxylic acids is 1. The van der Waals surface area contributed by atoms with E-state index >= 15 is 0 Å². The van der Waals surface area contributed by atoms with E-state index in [-0.39, 0.29) is 17.9 Å². The molecule has 0 aliphatic rings. The molecule has 0 saturated carbocycles. The highest BCUT2D eigenvalue weighted by Crippen LogP contribution is 2.31. The molecule has 6 heteroatoms. The number of hydrogen-bond donors (Lipinski definition) is 1. The molecule has 0 spiro atoms. The van der Waals surface area contributed by atoms with E-state index in [9.17, 15) is 4.79 Å². The van der Waals surface area contributed by atoms with Gasteiger partial charge in [0.05, 0.1) is 4.47 Å². The van der Waals surface area contributed by atoms with Crippen LogP contribution in [0.5, 0.6) is 5.75 Å². The van der Waals surface area contributed by atoms with Crippen molar-refractivity contribution >= 4 is 45.1 Å². The third-order valence-electron chi connectivity index (χ3n) is 2.58. The molecule has 2 rings (SSSR count). The van der Waals surface area contributed by atoms with Gasteiger partial charge in [0, 0.05) is 15.6 Å². The Kier molecular flexibility index (Phi) is 4.91. The van der Waals surface area contributed by atoms with Crippen LogP contribution in [0.25, 0.3) is 0 Å². The first-order valence-corrected chi connectivity index (χ1v) is 7.12. The summed E-state index contributed by atoms with van der Waals surface area (Å²) in [5.74, 6) is -0.797. The molecule has 0 bridgehead atoms. The number of para-hydroxylation sites is 1. The van der Waals surface area contributed by atoms with E-state index in [0.29, 0.717) is 20.1 Å². The zero-order valence-corrected chi connectivity index (χ0v) is 13.2. The van der Waals surface area contributed by atoms with Gasteiger partial charge in [-0.1, -0.05) is 29.3 Å². The summed E-state index contributed by atoms with van der Waals surface area (Å²) in [4.78, 5) is 11.2. The molecule has 0 radical (unpaired) electrons. The number of carboxylic acid groups (broad SMARTS) is 1. The first kappa shape index (κ1) is 15.2. The highest BCUT2D eigenvalue weighted by molar-refractivity contribution is 9.10. The van der Waals surface area contributed by atoms with Gasteiger partial charge in [0.1, 0.15) is 17.9 Å². The van der Waals surface area contributed by atoms with Crippen molar-refractivity contribution in [3.8, 4) is 5.75 Å². The lowest BCUT2D eigenvalue weighted by molar-refractivity contribution is 0.0691. The van der Waals surface area contributed by atoms with Crippen LogP contribution >= 0.6 is 39.1 Å². The van der Waals surface area contributed by atoms with Crippen LogP contribution in [0.1, 0.15) is 15.9 Å². The Morgan fingerprint density at radius 2 is 2.00 bits per heavy atom. The van der Waals surface area contributed by atoms with Gasteiger partial charge in [0.15, 0.2) is 0 Å². The predicted molar refractivity (Wildman–Crippen MR) is 81.9 cm³/mol. The molecule has 0 aromatic heterocycles. The molecular formula is C14H9BrCl2O3. The minimum Gasteiger partial charge on any atom is -0.487 e. The second-order valence-electron chi connectivity index (χ2n) is 3.95. The van der Waals surface area contributed by atoms with Crippen LogP contribution in [0.4, 0.5) is 0 Å². The van der Waals surface area contributed by atoms with Gasteiger partial charge in [-0.3, -0.25) is 0 Å². The minimum absolute atomic E-state index is 0.0810. The Balaban J connectivity index is 2.27. The Morgan fingerprint density at radius 3 is 2.70 bits per heavy atom. The molecule has 0 amide bonds. The van der Waals surface area contributed by atoms with Crippen molar-refractivity contribution < 1.29 is 14.6 Å². The quantitative estimate of drug-likeness (QED) is 0.814. The molecule has 3 nitrogen and oxygen atoms in total. The minimum atomic E-state index is -1.06. The maximum absolute atomic E-state index is 11.2. The fourth-order valence-electron chi connectivity index (χ4n) is 1.63. The zero-order chi connectivity index (χ0) is 14.7. The zero-order valence-electron chi connectivity index (χ0n) is 10.1. The molecule has 104 valence electrons. The topological polar surface area (TPSA) is 46.5 Å². The van der Waals surface area contributed by atoms with E-state index in [2.05, 4.69) is 15.9 Å². The van der Waals surface area contributed by atoms with Gasteiger partial charge in [0.2, 0.25) is 0 Å². The van der Waals surface area contributed by atoms with Gasteiger partial charge in [-0.15, -0.1) is 0 Å². The number of rotatable bonds is 4. The van der Waals surface area contributed by atoms with Gasteiger partial charge in [-0.05, 0) is 46.3 Å². The monoisotopic (exact) mass is 374 g/mol. The van der Waals surface area contributed by atoms with E-state index in [1.165, 1.54) is 6.07 Å². The highest BCUT2D eigenvalue weighted by atomic mass is 79.9. The van der Waals surface area contributed by atoms with Crippen LogP contribution in [0, 0.1) is 0 Å². The average Bonchev–Trinajstić information content (AvgIpc) is 2.40. The summed E-state index contributed by atoms with van der Waals surface area (Å²) >= 11 is 15.2. The number of halogens is 3. The predicted octanol–water partition coefficient (Wildman–Crippen LogP) is 5.03. The van der Waals surface area contributed by atoms with Crippen LogP contribution in [-0.4, -0.2) is 11.1 Å². The van der Waals surface area contributed by atoms with E-state index < -0.39 is 5.97 Å². The van der Waals surface area contributed by atoms with E-state index in [0.717, 1.165) is 0 Å². The van der Waals surface area contributed by atoms with Crippen LogP contribution < -0.4 is 4.74 Å². The largest absolute Gasteiger partial charge is 0.487 e. The lowest BCUT2D eigenvalue weighted by Gasteiger charge is -2.12. The number of aromatic carboxylic acids is 1. The Labute approximate surface area is 134 Å². The third-order valence-corrected chi connectivity index (χ3v) is 3.81. The maximum atomic E-state index is 11.2. The van der Waals surface area contributed by atoms with Crippen LogP contribution in [0.2, 0.25) is 10.0 Å². The van der Waals surface area contributed by atoms with Crippen molar-refractivity contribution in [2.75, 3.05) is 0 Å². The van der Waals surface area contributed by atoms with Crippen LogP contribution in [0.15, 0.2) is 40.9 Å². The summed E-state index contributed by atoms with van der Waals surface area (Å²) in [7, 11) is 0. The summed E-state index contributed by atoms with van der Waals surface area (Å²) in [5.41, 5.74) is 0.767. The second kappa shape index (κ2) is 6.48. The number of benzene rings is 2. The average molecular weight is 376 g/mol. The third kappa shape index (κ3) is 3.45. The number of hydrogen-bond acceptors (Lipinski definition) is 2. The Bertz CT molecular complexity index is 659. The molecule has 0 atom stereocenters. The molecular weight excluding hydrogens is 367 g/mol. The van der Waals surface area contributed by atoms with Gasteiger partial charge in [0.25, 0.3) is 0 Å². The SMILES string of the molecule is O=C(O)c1cccc(Br)c1OCc1cc(Cl)ccc1Cl. The van der Waals surface area contributed by atoms with Crippen molar-refractivity contribution in [1.82, 2.24) is 0 Å². The van der Waals surface area contributed by atoms with Gasteiger partial charge >= 0.3 is 5.97 Å².